The third-order valence-corrected chi connectivity index (χ3v) is 3.12. The first-order valence-corrected chi connectivity index (χ1v) is 6.57. The van der Waals surface area contributed by atoms with Crippen LogP contribution in [0.4, 0.5) is 5.69 Å². The van der Waals surface area contributed by atoms with Crippen LogP contribution in [-0.4, -0.2) is 9.97 Å². The summed E-state index contributed by atoms with van der Waals surface area (Å²) in [5.74, 6) is 0. The van der Waals surface area contributed by atoms with Gasteiger partial charge in [0.2, 0.25) is 0 Å². The van der Waals surface area contributed by atoms with Crippen molar-refractivity contribution in [1.29, 1.82) is 0 Å². The number of para-hydroxylation sites is 1. The van der Waals surface area contributed by atoms with Crippen molar-refractivity contribution in [2.45, 2.75) is 6.54 Å². The Morgan fingerprint density at radius 2 is 1.65 bits per heavy atom. The van der Waals surface area contributed by atoms with Crippen molar-refractivity contribution in [2.24, 2.45) is 0 Å². The van der Waals surface area contributed by atoms with Crippen LogP contribution in [-0.2, 0) is 6.54 Å². The standard InChI is InChI=1S/C17H15N3/c1-2-6-14(7-3-1)16-8-4-5-9-17(16)19-12-15-10-11-18-13-20-15/h1-11,13,19H,12H2. The van der Waals surface area contributed by atoms with Gasteiger partial charge >= 0.3 is 0 Å². The summed E-state index contributed by atoms with van der Waals surface area (Å²) >= 11 is 0. The van der Waals surface area contributed by atoms with Crippen LogP contribution < -0.4 is 5.32 Å². The van der Waals surface area contributed by atoms with Crippen LogP contribution in [0.15, 0.2) is 73.2 Å². The minimum absolute atomic E-state index is 0.687. The maximum atomic E-state index is 4.22. The Kier molecular flexibility index (Phi) is 3.69. The van der Waals surface area contributed by atoms with E-state index in [1.807, 2.05) is 18.2 Å². The number of benzene rings is 2. The molecule has 3 nitrogen and oxygen atoms in total. The fraction of sp³-hybridized carbons (Fsp3) is 0.0588. The van der Waals surface area contributed by atoms with Crippen molar-refractivity contribution in [1.82, 2.24) is 9.97 Å². The maximum Gasteiger partial charge on any atom is 0.115 e. The average molecular weight is 261 g/mol. The first-order chi connectivity index (χ1) is 9.93. The van der Waals surface area contributed by atoms with Crippen molar-refractivity contribution < 1.29 is 0 Å². The summed E-state index contributed by atoms with van der Waals surface area (Å²) in [7, 11) is 0. The summed E-state index contributed by atoms with van der Waals surface area (Å²) in [6.07, 6.45) is 3.33. The molecule has 1 aromatic heterocycles. The first-order valence-electron chi connectivity index (χ1n) is 6.57. The lowest BCUT2D eigenvalue weighted by Crippen LogP contribution is -2.02. The van der Waals surface area contributed by atoms with Gasteiger partial charge in [-0.15, -0.1) is 0 Å². The Morgan fingerprint density at radius 3 is 2.45 bits per heavy atom. The van der Waals surface area contributed by atoms with Gasteiger partial charge in [-0.25, -0.2) is 9.97 Å². The molecule has 0 aliphatic carbocycles. The highest BCUT2D eigenvalue weighted by molar-refractivity contribution is 5.77. The number of aromatic nitrogens is 2. The molecule has 0 radical (unpaired) electrons. The normalized spacial score (nSPS) is 10.2. The Labute approximate surface area is 118 Å². The molecule has 0 amide bonds. The van der Waals surface area contributed by atoms with E-state index in [0.29, 0.717) is 6.54 Å². The van der Waals surface area contributed by atoms with Crippen molar-refractivity contribution in [3.63, 3.8) is 0 Å². The lowest BCUT2D eigenvalue weighted by molar-refractivity contribution is 1.01. The molecule has 0 fully saturated rings. The fourth-order valence-electron chi connectivity index (χ4n) is 2.12. The summed E-state index contributed by atoms with van der Waals surface area (Å²) < 4.78 is 0. The molecule has 0 saturated heterocycles. The zero-order chi connectivity index (χ0) is 13.6. The molecule has 1 N–H and O–H groups in total. The van der Waals surface area contributed by atoms with Crippen LogP contribution in [0.1, 0.15) is 5.69 Å². The summed E-state index contributed by atoms with van der Waals surface area (Å²) in [6.45, 7) is 0.687. The molecule has 0 bridgehead atoms. The lowest BCUT2D eigenvalue weighted by Gasteiger charge is -2.11. The van der Waals surface area contributed by atoms with Crippen molar-refractivity contribution >= 4 is 5.69 Å². The highest BCUT2D eigenvalue weighted by Crippen LogP contribution is 2.27. The predicted molar refractivity (Wildman–Crippen MR) is 81.2 cm³/mol. The summed E-state index contributed by atoms with van der Waals surface area (Å²) in [6, 6.07) is 20.6. The minimum Gasteiger partial charge on any atom is -0.379 e. The van der Waals surface area contributed by atoms with Crippen LogP contribution in [0.2, 0.25) is 0 Å². The number of hydrogen-bond acceptors (Lipinski definition) is 3. The van der Waals surface area contributed by atoms with E-state index in [1.54, 1.807) is 12.5 Å². The Bertz CT molecular complexity index is 666. The van der Waals surface area contributed by atoms with Gasteiger partial charge in [0.1, 0.15) is 6.33 Å². The Balaban J connectivity index is 1.84. The van der Waals surface area contributed by atoms with E-state index in [4.69, 9.17) is 0 Å². The number of hydrogen-bond donors (Lipinski definition) is 1. The van der Waals surface area contributed by atoms with Gasteiger partial charge in [0.15, 0.2) is 0 Å². The molecule has 0 atom stereocenters. The highest BCUT2D eigenvalue weighted by Gasteiger charge is 2.03. The molecule has 0 aliphatic heterocycles. The van der Waals surface area contributed by atoms with Gasteiger partial charge in [0.25, 0.3) is 0 Å². The van der Waals surface area contributed by atoms with Gasteiger partial charge in [-0.3, -0.25) is 0 Å². The second-order valence-corrected chi connectivity index (χ2v) is 4.47. The largest absolute Gasteiger partial charge is 0.379 e. The number of nitrogens with zero attached hydrogens (tertiary/aromatic N) is 2. The Morgan fingerprint density at radius 1 is 0.850 bits per heavy atom. The topological polar surface area (TPSA) is 37.8 Å². The van der Waals surface area contributed by atoms with Crippen LogP contribution in [0.25, 0.3) is 11.1 Å². The molecule has 0 saturated carbocycles. The lowest BCUT2D eigenvalue weighted by atomic mass is 10.0. The Hall–Kier alpha value is -2.68. The van der Waals surface area contributed by atoms with Gasteiger partial charge < -0.3 is 5.32 Å². The third-order valence-electron chi connectivity index (χ3n) is 3.12. The molecule has 3 rings (SSSR count). The zero-order valence-electron chi connectivity index (χ0n) is 11.0. The zero-order valence-corrected chi connectivity index (χ0v) is 11.0. The van der Waals surface area contributed by atoms with E-state index >= 15 is 0 Å². The molecule has 1 heterocycles. The van der Waals surface area contributed by atoms with Crippen LogP contribution in [0.5, 0.6) is 0 Å². The average Bonchev–Trinajstić information content (AvgIpc) is 2.55. The van der Waals surface area contributed by atoms with Crippen LogP contribution in [0, 0.1) is 0 Å². The smallest absolute Gasteiger partial charge is 0.115 e. The maximum absolute atomic E-state index is 4.22. The molecular weight excluding hydrogens is 246 g/mol. The van der Waals surface area contributed by atoms with E-state index in [0.717, 1.165) is 11.4 Å². The van der Waals surface area contributed by atoms with Gasteiger partial charge in [-0.1, -0.05) is 48.5 Å². The van der Waals surface area contributed by atoms with Crippen LogP contribution >= 0.6 is 0 Å². The van der Waals surface area contributed by atoms with Gasteiger partial charge in [-0.05, 0) is 17.7 Å². The van der Waals surface area contributed by atoms with Gasteiger partial charge in [0.05, 0.1) is 12.2 Å². The monoisotopic (exact) mass is 261 g/mol. The molecule has 3 heteroatoms. The van der Waals surface area contributed by atoms with E-state index < -0.39 is 0 Å². The highest BCUT2D eigenvalue weighted by atomic mass is 14.9. The number of rotatable bonds is 4. The third kappa shape index (κ3) is 2.83. The van der Waals surface area contributed by atoms with Crippen molar-refractivity contribution in [3.05, 3.63) is 78.9 Å². The van der Waals surface area contributed by atoms with E-state index in [2.05, 4.69) is 57.7 Å². The van der Waals surface area contributed by atoms with Crippen LogP contribution in [0.3, 0.4) is 0 Å². The minimum atomic E-state index is 0.687. The number of anilines is 1. The quantitative estimate of drug-likeness (QED) is 0.777. The van der Waals surface area contributed by atoms with E-state index in [1.165, 1.54) is 11.1 Å². The molecule has 98 valence electrons. The van der Waals surface area contributed by atoms with E-state index in [-0.39, 0.29) is 0 Å². The molecule has 3 aromatic rings. The summed E-state index contributed by atoms with van der Waals surface area (Å²) in [5, 5.41) is 3.44. The summed E-state index contributed by atoms with van der Waals surface area (Å²) in [4.78, 5) is 8.15. The SMILES string of the molecule is c1ccc(-c2ccccc2NCc2ccncn2)cc1. The first kappa shape index (κ1) is 12.4. The van der Waals surface area contributed by atoms with Crippen molar-refractivity contribution in [3.8, 4) is 11.1 Å². The fourth-order valence-corrected chi connectivity index (χ4v) is 2.12. The second-order valence-electron chi connectivity index (χ2n) is 4.47. The van der Waals surface area contributed by atoms with Gasteiger partial charge in [-0.2, -0.15) is 0 Å². The molecule has 2 aromatic carbocycles. The second kappa shape index (κ2) is 5.97. The number of nitrogens with one attached hydrogen (secondary N) is 1. The molecule has 0 spiro atoms. The molecule has 0 aliphatic rings. The van der Waals surface area contributed by atoms with E-state index in [9.17, 15) is 0 Å². The van der Waals surface area contributed by atoms with Gasteiger partial charge in [0, 0.05) is 17.4 Å². The molecule has 20 heavy (non-hydrogen) atoms. The van der Waals surface area contributed by atoms with Crippen molar-refractivity contribution in [2.75, 3.05) is 5.32 Å². The molecular formula is C17H15N3. The summed E-state index contributed by atoms with van der Waals surface area (Å²) in [5.41, 5.74) is 4.49. The molecule has 0 unspecified atom stereocenters. The predicted octanol–water partition coefficient (Wildman–Crippen LogP) is 3.76.